The van der Waals surface area contributed by atoms with Gasteiger partial charge in [0.15, 0.2) is 6.10 Å². The van der Waals surface area contributed by atoms with Gasteiger partial charge in [-0.15, -0.1) is 0 Å². The van der Waals surface area contributed by atoms with Crippen LogP contribution < -0.4 is 10.0 Å². The van der Waals surface area contributed by atoms with Crippen LogP contribution in [-0.4, -0.2) is 38.5 Å². The van der Waals surface area contributed by atoms with E-state index < -0.39 is 39.9 Å². The average Bonchev–Trinajstić information content (AvgIpc) is 2.62. The number of rotatable bonds is 7. The van der Waals surface area contributed by atoms with Gasteiger partial charge in [-0.2, -0.15) is 4.72 Å². The van der Waals surface area contributed by atoms with E-state index in [1.807, 2.05) is 0 Å². The molecule has 9 heteroatoms. The van der Waals surface area contributed by atoms with Crippen LogP contribution in [0.1, 0.15) is 46.0 Å². The number of hydrogen-bond acceptors (Lipinski definition) is 5. The highest BCUT2D eigenvalue weighted by Gasteiger charge is 2.27. The number of benzene rings is 1. The number of carbonyl (C=O) groups is 2. The van der Waals surface area contributed by atoms with Crippen LogP contribution in [0.15, 0.2) is 29.2 Å². The van der Waals surface area contributed by atoms with Crippen LogP contribution in [0.4, 0.5) is 4.39 Å². The zero-order chi connectivity index (χ0) is 20.0. The van der Waals surface area contributed by atoms with E-state index >= 15 is 0 Å². The van der Waals surface area contributed by atoms with Crippen molar-refractivity contribution in [3.63, 3.8) is 0 Å². The number of nitrogens with one attached hydrogen (secondary N) is 2. The summed E-state index contributed by atoms with van der Waals surface area (Å²) in [6, 6.07) is 3.09. The lowest BCUT2D eigenvalue weighted by molar-refractivity contribution is -0.156. The summed E-state index contributed by atoms with van der Waals surface area (Å²) in [5.41, 5.74) is 0. The van der Waals surface area contributed by atoms with E-state index in [0.29, 0.717) is 0 Å². The standard InChI is InChI=1S/C18H25FN2O5S/c1-12(21-27(24,25)16-10-8-14(19)9-11-16)18(23)26-13(2)17(22)20-15-6-4-3-5-7-15/h8-13,15,21H,3-7H2,1-2H3,(H,20,22)/t12-,13+/m1/s1. The lowest BCUT2D eigenvalue weighted by Gasteiger charge is -2.24. The van der Waals surface area contributed by atoms with Gasteiger partial charge in [0.25, 0.3) is 5.91 Å². The van der Waals surface area contributed by atoms with Gasteiger partial charge in [-0.3, -0.25) is 9.59 Å². The first-order chi connectivity index (χ1) is 12.7. The Morgan fingerprint density at radius 2 is 1.70 bits per heavy atom. The molecule has 1 aliphatic rings. The van der Waals surface area contributed by atoms with Gasteiger partial charge in [0.05, 0.1) is 4.90 Å². The molecule has 2 rings (SSSR count). The van der Waals surface area contributed by atoms with Crippen molar-refractivity contribution in [3.8, 4) is 0 Å². The largest absolute Gasteiger partial charge is 0.451 e. The maximum absolute atomic E-state index is 12.9. The Morgan fingerprint density at radius 3 is 2.30 bits per heavy atom. The molecule has 1 aromatic rings. The molecule has 1 amide bonds. The summed E-state index contributed by atoms with van der Waals surface area (Å²) in [5, 5.41) is 2.85. The molecule has 2 N–H and O–H groups in total. The van der Waals surface area contributed by atoms with Crippen molar-refractivity contribution in [2.45, 2.75) is 69.0 Å². The summed E-state index contributed by atoms with van der Waals surface area (Å²) in [6.45, 7) is 2.76. The molecule has 27 heavy (non-hydrogen) atoms. The maximum Gasteiger partial charge on any atom is 0.324 e. The number of amides is 1. The lowest BCUT2D eigenvalue weighted by atomic mass is 9.95. The molecule has 0 radical (unpaired) electrons. The minimum absolute atomic E-state index is 0.0850. The Bertz CT molecular complexity index is 760. The second kappa shape index (κ2) is 9.27. The number of carbonyl (C=O) groups excluding carboxylic acids is 2. The van der Waals surface area contributed by atoms with E-state index in [0.717, 1.165) is 56.4 Å². The number of halogens is 1. The Hall–Kier alpha value is -2.00. The van der Waals surface area contributed by atoms with Gasteiger partial charge in [0.2, 0.25) is 10.0 Å². The summed E-state index contributed by atoms with van der Waals surface area (Å²) in [4.78, 5) is 24.1. The SMILES string of the molecule is C[C@H](OC(=O)[C@@H](C)NS(=O)(=O)c1ccc(F)cc1)C(=O)NC1CCCCC1. The highest BCUT2D eigenvalue weighted by Crippen LogP contribution is 2.17. The molecular formula is C18H25FN2O5S. The van der Waals surface area contributed by atoms with E-state index in [4.69, 9.17) is 4.74 Å². The van der Waals surface area contributed by atoms with E-state index in [-0.39, 0.29) is 10.9 Å². The molecule has 1 fully saturated rings. The molecule has 2 atom stereocenters. The second-order valence-corrected chi connectivity index (χ2v) is 8.43. The van der Waals surface area contributed by atoms with Crippen LogP contribution in [0.25, 0.3) is 0 Å². The highest BCUT2D eigenvalue weighted by atomic mass is 32.2. The molecule has 0 aromatic heterocycles. The predicted molar refractivity (Wildman–Crippen MR) is 96.8 cm³/mol. The molecule has 150 valence electrons. The number of hydrogen-bond donors (Lipinski definition) is 2. The Balaban J connectivity index is 1.88. The van der Waals surface area contributed by atoms with Gasteiger partial charge in [-0.25, -0.2) is 12.8 Å². The topological polar surface area (TPSA) is 102 Å². The van der Waals surface area contributed by atoms with Crippen molar-refractivity contribution in [1.29, 1.82) is 0 Å². The molecule has 0 unspecified atom stereocenters. The minimum Gasteiger partial charge on any atom is -0.451 e. The third-order valence-electron chi connectivity index (χ3n) is 4.42. The van der Waals surface area contributed by atoms with Crippen LogP contribution in [0, 0.1) is 5.82 Å². The van der Waals surface area contributed by atoms with E-state index in [1.54, 1.807) is 0 Å². The first kappa shape index (κ1) is 21.3. The third-order valence-corrected chi connectivity index (χ3v) is 5.98. The second-order valence-electron chi connectivity index (χ2n) is 6.72. The normalized spacial score (nSPS) is 17.7. The van der Waals surface area contributed by atoms with Gasteiger partial charge >= 0.3 is 5.97 Å². The van der Waals surface area contributed by atoms with Gasteiger partial charge in [0.1, 0.15) is 11.9 Å². The van der Waals surface area contributed by atoms with E-state index in [1.165, 1.54) is 13.8 Å². The van der Waals surface area contributed by atoms with Crippen molar-refractivity contribution in [2.24, 2.45) is 0 Å². The molecule has 7 nitrogen and oxygen atoms in total. The van der Waals surface area contributed by atoms with Gasteiger partial charge in [-0.05, 0) is 51.0 Å². The first-order valence-electron chi connectivity index (χ1n) is 8.98. The smallest absolute Gasteiger partial charge is 0.324 e. The maximum atomic E-state index is 12.9. The lowest BCUT2D eigenvalue weighted by Crippen LogP contribution is -2.46. The third kappa shape index (κ3) is 6.28. The Labute approximate surface area is 158 Å². The van der Waals surface area contributed by atoms with Crippen molar-refractivity contribution in [3.05, 3.63) is 30.1 Å². The first-order valence-corrected chi connectivity index (χ1v) is 10.5. The number of esters is 1. The van der Waals surface area contributed by atoms with Crippen LogP contribution in [0.3, 0.4) is 0 Å². The zero-order valence-corrected chi connectivity index (χ0v) is 16.2. The number of ether oxygens (including phenoxy) is 1. The van der Waals surface area contributed by atoms with E-state index in [2.05, 4.69) is 10.0 Å². The highest BCUT2D eigenvalue weighted by molar-refractivity contribution is 7.89. The Morgan fingerprint density at radius 1 is 1.11 bits per heavy atom. The van der Waals surface area contributed by atoms with Gasteiger partial charge in [-0.1, -0.05) is 19.3 Å². The molecule has 0 bridgehead atoms. The monoisotopic (exact) mass is 400 g/mol. The van der Waals surface area contributed by atoms with Crippen LogP contribution in [0.2, 0.25) is 0 Å². The van der Waals surface area contributed by atoms with Crippen molar-refractivity contribution in [2.75, 3.05) is 0 Å². The summed E-state index contributed by atoms with van der Waals surface area (Å²) in [7, 11) is -4.02. The van der Waals surface area contributed by atoms with Crippen molar-refractivity contribution < 1.29 is 27.1 Å². The molecule has 1 aromatic carbocycles. The van der Waals surface area contributed by atoms with E-state index in [9.17, 15) is 22.4 Å². The average molecular weight is 400 g/mol. The molecule has 1 saturated carbocycles. The zero-order valence-electron chi connectivity index (χ0n) is 15.4. The summed E-state index contributed by atoms with van der Waals surface area (Å²) in [5.74, 6) is -1.84. The summed E-state index contributed by atoms with van der Waals surface area (Å²) in [6.07, 6.45) is 4.04. The fourth-order valence-electron chi connectivity index (χ4n) is 2.86. The quantitative estimate of drug-likeness (QED) is 0.681. The molecule has 0 aliphatic heterocycles. The van der Waals surface area contributed by atoms with Crippen molar-refractivity contribution >= 4 is 21.9 Å². The van der Waals surface area contributed by atoms with Crippen LogP contribution in [0.5, 0.6) is 0 Å². The van der Waals surface area contributed by atoms with Crippen molar-refractivity contribution in [1.82, 2.24) is 10.0 Å². The molecule has 0 spiro atoms. The predicted octanol–water partition coefficient (Wildman–Crippen LogP) is 1.87. The van der Waals surface area contributed by atoms with Gasteiger partial charge < -0.3 is 10.1 Å². The summed E-state index contributed by atoms with van der Waals surface area (Å²) >= 11 is 0. The fourth-order valence-corrected chi connectivity index (χ4v) is 4.05. The minimum atomic E-state index is -4.02. The molecular weight excluding hydrogens is 375 g/mol. The van der Waals surface area contributed by atoms with Crippen LogP contribution in [-0.2, 0) is 24.3 Å². The summed E-state index contributed by atoms with van der Waals surface area (Å²) < 4.78 is 44.6. The van der Waals surface area contributed by atoms with Gasteiger partial charge in [0, 0.05) is 6.04 Å². The number of sulfonamides is 1. The molecule has 0 saturated heterocycles. The molecule has 0 heterocycles. The molecule has 1 aliphatic carbocycles. The van der Waals surface area contributed by atoms with Crippen LogP contribution >= 0.6 is 0 Å². The Kier molecular flexibility index (Phi) is 7.32. The fraction of sp³-hybridized carbons (Fsp3) is 0.556.